The third kappa shape index (κ3) is 5.47. The summed E-state index contributed by atoms with van der Waals surface area (Å²) in [6.07, 6.45) is 8.02. The minimum Gasteiger partial charge on any atom is -0.493 e. The van der Waals surface area contributed by atoms with Crippen LogP contribution in [0.2, 0.25) is 0 Å². The first-order valence-corrected chi connectivity index (χ1v) is 14.5. The second kappa shape index (κ2) is 10.2. The van der Waals surface area contributed by atoms with Gasteiger partial charge in [0.2, 0.25) is 15.9 Å². The van der Waals surface area contributed by atoms with E-state index in [1.807, 2.05) is 12.1 Å². The van der Waals surface area contributed by atoms with E-state index < -0.39 is 15.7 Å². The van der Waals surface area contributed by atoms with Crippen LogP contribution in [0, 0.1) is 11.3 Å². The van der Waals surface area contributed by atoms with Gasteiger partial charge in [0.15, 0.2) is 11.1 Å². The van der Waals surface area contributed by atoms with Crippen LogP contribution >= 0.6 is 0 Å². The van der Waals surface area contributed by atoms with Crippen molar-refractivity contribution in [1.29, 1.82) is 5.26 Å². The van der Waals surface area contributed by atoms with Crippen LogP contribution in [0.1, 0.15) is 49.8 Å². The molecule has 14 heteroatoms. The van der Waals surface area contributed by atoms with E-state index >= 15 is 0 Å². The van der Waals surface area contributed by atoms with Gasteiger partial charge in [-0.3, -0.25) is 9.98 Å². The number of benzene rings is 1. The fourth-order valence-corrected chi connectivity index (χ4v) is 6.14. The first-order valence-electron chi connectivity index (χ1n) is 13.0. The molecule has 2 saturated carbocycles. The number of fused-ring (bicyclic) bond motifs is 1. The Labute approximate surface area is 228 Å². The topological polar surface area (TPSA) is 193 Å². The summed E-state index contributed by atoms with van der Waals surface area (Å²) >= 11 is 0. The van der Waals surface area contributed by atoms with Crippen LogP contribution in [-0.4, -0.2) is 56.2 Å². The molecule has 13 nitrogen and oxygen atoms in total. The van der Waals surface area contributed by atoms with E-state index in [9.17, 15) is 18.3 Å². The molecule has 206 valence electrons. The summed E-state index contributed by atoms with van der Waals surface area (Å²) in [6, 6.07) is 9.86. The van der Waals surface area contributed by atoms with E-state index in [4.69, 9.17) is 15.2 Å². The van der Waals surface area contributed by atoms with Gasteiger partial charge < -0.3 is 15.4 Å². The lowest BCUT2D eigenvalue weighted by Gasteiger charge is -2.29. The average molecular weight is 562 g/mol. The first kappa shape index (κ1) is 25.8. The van der Waals surface area contributed by atoms with Gasteiger partial charge in [0.25, 0.3) is 0 Å². The molecule has 6 rings (SSSR count). The van der Waals surface area contributed by atoms with Gasteiger partial charge in [-0.15, -0.1) is 0 Å². The summed E-state index contributed by atoms with van der Waals surface area (Å²) < 4.78 is 30.1. The van der Waals surface area contributed by atoms with E-state index in [1.165, 1.54) is 24.3 Å². The van der Waals surface area contributed by atoms with E-state index in [1.54, 1.807) is 16.8 Å². The second-order valence-corrected chi connectivity index (χ2v) is 11.8. The number of anilines is 1. The third-order valence-corrected chi connectivity index (χ3v) is 8.61. The summed E-state index contributed by atoms with van der Waals surface area (Å²) in [5, 5.41) is 27.4. The molecule has 0 bridgehead atoms. The molecule has 0 saturated heterocycles. The molecule has 0 spiro atoms. The Morgan fingerprint density at radius 3 is 2.48 bits per heavy atom. The van der Waals surface area contributed by atoms with Gasteiger partial charge in [-0.1, -0.05) is 0 Å². The van der Waals surface area contributed by atoms with Crippen molar-refractivity contribution in [2.75, 3.05) is 5.32 Å². The molecular formula is C26H27N9O4S. The van der Waals surface area contributed by atoms with E-state index in [0.717, 1.165) is 25.7 Å². The smallest absolute Gasteiger partial charge is 0.326 e. The van der Waals surface area contributed by atoms with E-state index in [-0.39, 0.29) is 34.6 Å². The number of hydrogen-bond donors (Lipinski definition) is 5. The van der Waals surface area contributed by atoms with Crippen LogP contribution in [0.25, 0.3) is 11.7 Å². The number of sulfonamides is 1. The summed E-state index contributed by atoms with van der Waals surface area (Å²) in [4.78, 5) is 26.1. The normalized spacial score (nSPS) is 20.6. The summed E-state index contributed by atoms with van der Waals surface area (Å²) in [6.45, 7) is 0. The number of nitrogens with one attached hydrogen (secondary N) is 4. The van der Waals surface area contributed by atoms with Gasteiger partial charge in [0.1, 0.15) is 11.5 Å². The zero-order valence-corrected chi connectivity index (χ0v) is 22.1. The zero-order valence-electron chi connectivity index (χ0n) is 21.3. The highest BCUT2D eigenvalue weighted by molar-refractivity contribution is 7.89. The summed E-state index contributed by atoms with van der Waals surface area (Å²) in [5.41, 5.74) is 1.29. The van der Waals surface area contributed by atoms with Crippen molar-refractivity contribution < 1.29 is 13.5 Å². The van der Waals surface area contributed by atoms with Gasteiger partial charge in [0, 0.05) is 23.4 Å². The standard InChI is InChI=1S/C26H27N9O4S/c27-13-15-1-9-20(10-2-15)40(38,39)34-19-7-5-17(6-8-19)29-22-12-23(30-18-3-4-18)35-24(32-22)16(14-28-35)11-21-25(36)33-26(37)31-21/h1-2,9-12,14,17-19,29,34,36H,3-8H2,(H2,31,33,37)/b16-11+,30-23?. The Hall–Kier alpha value is -4.48. The fraction of sp³-hybridized carbons (Fsp3) is 0.346. The van der Waals surface area contributed by atoms with E-state index in [0.29, 0.717) is 40.6 Å². The SMILES string of the molecule is N#Cc1ccc(S(=O)(=O)NC2CCC(Nc3cc(=NC4CC4)n4nc/c(=C\c5[nH]c(=O)[nH]c5O)c4n3)CC2)cc1. The van der Waals surface area contributed by atoms with Crippen LogP contribution in [0.5, 0.6) is 5.88 Å². The van der Waals surface area contributed by atoms with Crippen LogP contribution in [0.15, 0.2) is 51.2 Å². The van der Waals surface area contributed by atoms with Crippen LogP contribution < -0.4 is 26.4 Å². The number of nitrogens with zero attached hydrogens (tertiary/aromatic N) is 5. The van der Waals surface area contributed by atoms with E-state index in [2.05, 4.69) is 25.1 Å². The molecule has 5 N–H and O–H groups in total. The van der Waals surface area contributed by atoms with Crippen molar-refractivity contribution in [2.24, 2.45) is 4.99 Å². The van der Waals surface area contributed by atoms with Crippen molar-refractivity contribution in [3.63, 3.8) is 0 Å². The molecule has 2 aliphatic carbocycles. The number of aromatic nitrogens is 5. The Morgan fingerprint density at radius 1 is 1.10 bits per heavy atom. The summed E-state index contributed by atoms with van der Waals surface area (Å²) in [5.74, 6) is 0.350. The minimum atomic E-state index is -3.68. The van der Waals surface area contributed by atoms with Crippen molar-refractivity contribution in [3.05, 3.63) is 69.0 Å². The lowest BCUT2D eigenvalue weighted by Crippen LogP contribution is -2.40. The fourth-order valence-electron chi connectivity index (χ4n) is 4.83. The molecule has 3 aromatic heterocycles. The maximum absolute atomic E-state index is 12.8. The molecule has 0 aliphatic heterocycles. The molecule has 40 heavy (non-hydrogen) atoms. The Bertz CT molecular complexity index is 1890. The predicted octanol–water partition coefficient (Wildman–Crippen LogP) is 0.635. The second-order valence-electron chi connectivity index (χ2n) is 10.1. The monoisotopic (exact) mass is 561 g/mol. The molecule has 3 heterocycles. The van der Waals surface area contributed by atoms with Gasteiger partial charge in [-0.05, 0) is 68.9 Å². The van der Waals surface area contributed by atoms with Crippen molar-refractivity contribution >= 4 is 27.6 Å². The first-order chi connectivity index (χ1) is 19.3. The summed E-state index contributed by atoms with van der Waals surface area (Å²) in [7, 11) is -3.68. The third-order valence-electron chi connectivity index (χ3n) is 7.07. The molecule has 2 aliphatic rings. The van der Waals surface area contributed by atoms with Gasteiger partial charge >= 0.3 is 5.69 Å². The van der Waals surface area contributed by atoms with Gasteiger partial charge in [-0.2, -0.15) is 14.9 Å². The van der Waals surface area contributed by atoms with Gasteiger partial charge in [0.05, 0.1) is 28.8 Å². The van der Waals surface area contributed by atoms with Gasteiger partial charge in [-0.25, -0.2) is 22.9 Å². The van der Waals surface area contributed by atoms with Crippen LogP contribution in [-0.2, 0) is 10.0 Å². The number of hydrogen-bond acceptors (Lipinski definition) is 9. The minimum absolute atomic E-state index is 0.0832. The lowest BCUT2D eigenvalue weighted by molar-refractivity contribution is 0.387. The molecule has 2 fully saturated rings. The number of imidazole rings is 1. The molecule has 0 radical (unpaired) electrons. The highest BCUT2D eigenvalue weighted by atomic mass is 32.2. The highest BCUT2D eigenvalue weighted by Crippen LogP contribution is 2.24. The zero-order chi connectivity index (χ0) is 27.9. The number of rotatable bonds is 7. The average Bonchev–Trinajstić information content (AvgIpc) is 3.57. The number of nitriles is 1. The lowest BCUT2D eigenvalue weighted by atomic mass is 9.92. The van der Waals surface area contributed by atoms with Crippen LogP contribution in [0.3, 0.4) is 0 Å². The van der Waals surface area contributed by atoms with Crippen molar-refractivity contribution in [3.8, 4) is 11.9 Å². The molecule has 0 unspecified atom stereocenters. The predicted molar refractivity (Wildman–Crippen MR) is 145 cm³/mol. The maximum atomic E-state index is 12.8. The quantitative estimate of drug-likeness (QED) is 0.217. The number of H-pyrrole nitrogens is 2. The largest absolute Gasteiger partial charge is 0.493 e. The number of aromatic hydroxyl groups is 1. The van der Waals surface area contributed by atoms with Crippen molar-refractivity contribution in [2.45, 2.75) is 61.5 Å². The Morgan fingerprint density at radius 2 is 1.82 bits per heavy atom. The molecule has 0 atom stereocenters. The number of aromatic amines is 2. The maximum Gasteiger partial charge on any atom is 0.326 e. The highest BCUT2D eigenvalue weighted by Gasteiger charge is 2.26. The van der Waals surface area contributed by atoms with Crippen LogP contribution in [0.4, 0.5) is 5.82 Å². The molecule has 1 aromatic carbocycles. The van der Waals surface area contributed by atoms with Crippen molar-refractivity contribution in [1.82, 2.24) is 29.3 Å². The Kier molecular flexibility index (Phi) is 6.60. The molecule has 0 amide bonds. The molecule has 4 aromatic rings. The Balaban J connectivity index is 1.20. The molecular weight excluding hydrogens is 534 g/mol.